The van der Waals surface area contributed by atoms with Crippen molar-refractivity contribution in [1.29, 1.82) is 0 Å². The SMILES string of the molecule is NC(Cc1ccc(Br)cc1)CC(F)(F)F. The fraction of sp³-hybridized carbons (Fsp3) is 0.400. The molecule has 5 heteroatoms. The van der Waals surface area contributed by atoms with E-state index in [4.69, 9.17) is 5.73 Å². The maximum atomic E-state index is 12.0. The highest BCUT2D eigenvalue weighted by atomic mass is 79.9. The first-order valence-corrected chi connectivity index (χ1v) is 5.23. The van der Waals surface area contributed by atoms with Crippen molar-refractivity contribution in [3.63, 3.8) is 0 Å². The summed E-state index contributed by atoms with van der Waals surface area (Å²) < 4.78 is 36.9. The molecule has 1 atom stereocenters. The predicted octanol–water partition coefficient (Wildman–Crippen LogP) is 3.27. The smallest absolute Gasteiger partial charge is 0.327 e. The molecule has 1 nitrogen and oxygen atoms in total. The van der Waals surface area contributed by atoms with Gasteiger partial charge >= 0.3 is 6.18 Å². The summed E-state index contributed by atoms with van der Waals surface area (Å²) in [6.45, 7) is 0. The molecule has 0 aliphatic heterocycles. The molecule has 0 spiro atoms. The Balaban J connectivity index is 2.51. The van der Waals surface area contributed by atoms with Crippen LogP contribution in [0.3, 0.4) is 0 Å². The highest BCUT2D eigenvalue weighted by Gasteiger charge is 2.30. The summed E-state index contributed by atoms with van der Waals surface area (Å²) in [5.41, 5.74) is 6.21. The first kappa shape index (κ1) is 12.5. The molecule has 2 N–H and O–H groups in total. The summed E-state index contributed by atoms with van der Waals surface area (Å²) in [7, 11) is 0. The molecule has 84 valence electrons. The molecule has 0 saturated heterocycles. The van der Waals surface area contributed by atoms with E-state index in [2.05, 4.69) is 15.9 Å². The molecule has 0 radical (unpaired) electrons. The van der Waals surface area contributed by atoms with Gasteiger partial charge in [-0.3, -0.25) is 0 Å². The molecular formula is C10H11BrF3N. The molecule has 0 fully saturated rings. The molecule has 1 unspecified atom stereocenters. The molecule has 15 heavy (non-hydrogen) atoms. The van der Waals surface area contributed by atoms with E-state index in [0.29, 0.717) is 0 Å². The van der Waals surface area contributed by atoms with E-state index in [1.165, 1.54) is 0 Å². The topological polar surface area (TPSA) is 26.0 Å². The van der Waals surface area contributed by atoms with Gasteiger partial charge in [0.05, 0.1) is 6.42 Å². The Labute approximate surface area is 94.6 Å². The van der Waals surface area contributed by atoms with Crippen LogP contribution >= 0.6 is 15.9 Å². The van der Waals surface area contributed by atoms with E-state index < -0.39 is 18.6 Å². The molecule has 0 aromatic heterocycles. The number of alkyl halides is 3. The number of nitrogens with two attached hydrogens (primary N) is 1. The van der Waals surface area contributed by atoms with Crippen molar-refractivity contribution in [1.82, 2.24) is 0 Å². The Kier molecular flexibility index (Phi) is 4.16. The van der Waals surface area contributed by atoms with E-state index >= 15 is 0 Å². The van der Waals surface area contributed by atoms with Crippen molar-refractivity contribution in [2.24, 2.45) is 5.73 Å². The van der Waals surface area contributed by atoms with Gasteiger partial charge in [0.15, 0.2) is 0 Å². The van der Waals surface area contributed by atoms with Crippen molar-refractivity contribution in [3.05, 3.63) is 34.3 Å². The Morgan fingerprint density at radius 2 is 1.73 bits per heavy atom. The summed E-state index contributed by atoms with van der Waals surface area (Å²) >= 11 is 3.25. The van der Waals surface area contributed by atoms with Gasteiger partial charge < -0.3 is 5.73 Å². The van der Waals surface area contributed by atoms with Crippen LogP contribution in [0.25, 0.3) is 0 Å². The highest BCUT2D eigenvalue weighted by Crippen LogP contribution is 2.22. The van der Waals surface area contributed by atoms with Gasteiger partial charge in [-0.2, -0.15) is 13.2 Å². The first-order chi connectivity index (χ1) is 6.87. The lowest BCUT2D eigenvalue weighted by Gasteiger charge is -2.13. The Morgan fingerprint density at radius 3 is 2.20 bits per heavy atom. The summed E-state index contributed by atoms with van der Waals surface area (Å²) in [5.74, 6) is 0. The lowest BCUT2D eigenvalue weighted by atomic mass is 10.0. The minimum absolute atomic E-state index is 0.243. The van der Waals surface area contributed by atoms with Crippen molar-refractivity contribution in [3.8, 4) is 0 Å². The van der Waals surface area contributed by atoms with Crippen LogP contribution < -0.4 is 5.73 Å². The van der Waals surface area contributed by atoms with E-state index in [0.717, 1.165) is 10.0 Å². The van der Waals surface area contributed by atoms with Crippen LogP contribution in [0.4, 0.5) is 13.2 Å². The molecule has 1 aromatic rings. The minimum Gasteiger partial charge on any atom is -0.327 e. The number of hydrogen-bond acceptors (Lipinski definition) is 1. The second-order valence-electron chi connectivity index (χ2n) is 3.41. The zero-order valence-corrected chi connectivity index (χ0v) is 9.48. The van der Waals surface area contributed by atoms with Crippen molar-refractivity contribution < 1.29 is 13.2 Å². The van der Waals surface area contributed by atoms with Crippen LogP contribution in [-0.4, -0.2) is 12.2 Å². The summed E-state index contributed by atoms with van der Waals surface area (Å²) in [4.78, 5) is 0. The normalized spacial score (nSPS) is 13.9. The van der Waals surface area contributed by atoms with Crippen LogP contribution in [0.2, 0.25) is 0 Å². The first-order valence-electron chi connectivity index (χ1n) is 4.43. The lowest BCUT2D eigenvalue weighted by Crippen LogP contribution is -2.29. The monoisotopic (exact) mass is 281 g/mol. The second kappa shape index (κ2) is 4.99. The largest absolute Gasteiger partial charge is 0.390 e. The molecule has 0 aliphatic carbocycles. The minimum atomic E-state index is -4.19. The molecule has 0 aliphatic rings. The van der Waals surface area contributed by atoms with Gasteiger partial charge in [-0.05, 0) is 24.1 Å². The quantitative estimate of drug-likeness (QED) is 0.904. The van der Waals surface area contributed by atoms with E-state index in [1.807, 2.05) is 0 Å². The van der Waals surface area contributed by atoms with Gasteiger partial charge in [0, 0.05) is 10.5 Å². The summed E-state index contributed by atoms with van der Waals surface area (Å²) in [6.07, 6.45) is -4.88. The van der Waals surface area contributed by atoms with Crippen LogP contribution in [0.1, 0.15) is 12.0 Å². The Morgan fingerprint density at radius 1 is 1.20 bits per heavy atom. The third-order valence-electron chi connectivity index (χ3n) is 1.90. The number of hydrogen-bond donors (Lipinski definition) is 1. The molecule has 0 amide bonds. The molecular weight excluding hydrogens is 271 g/mol. The van der Waals surface area contributed by atoms with E-state index in [-0.39, 0.29) is 6.42 Å². The van der Waals surface area contributed by atoms with Crippen LogP contribution in [-0.2, 0) is 6.42 Å². The third-order valence-corrected chi connectivity index (χ3v) is 2.43. The zero-order chi connectivity index (χ0) is 11.5. The van der Waals surface area contributed by atoms with Crippen molar-refractivity contribution in [2.45, 2.75) is 25.1 Å². The highest BCUT2D eigenvalue weighted by molar-refractivity contribution is 9.10. The molecule has 0 saturated carbocycles. The fourth-order valence-corrected chi connectivity index (χ4v) is 1.56. The maximum absolute atomic E-state index is 12.0. The molecule has 1 rings (SSSR count). The van der Waals surface area contributed by atoms with Gasteiger partial charge in [0.1, 0.15) is 0 Å². The average molecular weight is 282 g/mol. The Bertz CT molecular complexity index is 307. The number of benzene rings is 1. The van der Waals surface area contributed by atoms with Gasteiger partial charge in [0.25, 0.3) is 0 Å². The van der Waals surface area contributed by atoms with Crippen LogP contribution in [0, 0.1) is 0 Å². The number of rotatable bonds is 3. The van der Waals surface area contributed by atoms with E-state index in [9.17, 15) is 13.2 Å². The molecule has 0 heterocycles. The number of halogens is 4. The average Bonchev–Trinajstić information content (AvgIpc) is 2.05. The second-order valence-corrected chi connectivity index (χ2v) is 4.33. The van der Waals surface area contributed by atoms with Gasteiger partial charge in [-0.15, -0.1) is 0 Å². The Hall–Kier alpha value is -0.550. The lowest BCUT2D eigenvalue weighted by molar-refractivity contribution is -0.138. The van der Waals surface area contributed by atoms with Crippen molar-refractivity contribution >= 4 is 15.9 Å². The van der Waals surface area contributed by atoms with Gasteiger partial charge in [0.2, 0.25) is 0 Å². The van der Waals surface area contributed by atoms with Gasteiger partial charge in [-0.1, -0.05) is 28.1 Å². The van der Waals surface area contributed by atoms with Gasteiger partial charge in [-0.25, -0.2) is 0 Å². The predicted molar refractivity (Wildman–Crippen MR) is 56.5 cm³/mol. The van der Waals surface area contributed by atoms with E-state index in [1.54, 1.807) is 24.3 Å². The summed E-state index contributed by atoms with van der Waals surface area (Å²) in [6, 6.07) is 6.23. The fourth-order valence-electron chi connectivity index (χ4n) is 1.29. The standard InChI is InChI=1S/C10H11BrF3N/c11-8-3-1-7(2-4-8)5-9(15)6-10(12,13)14/h1-4,9H,5-6,15H2. The maximum Gasteiger partial charge on any atom is 0.390 e. The van der Waals surface area contributed by atoms with Crippen LogP contribution in [0.5, 0.6) is 0 Å². The van der Waals surface area contributed by atoms with Crippen LogP contribution in [0.15, 0.2) is 28.7 Å². The third kappa shape index (κ3) is 5.18. The summed E-state index contributed by atoms with van der Waals surface area (Å²) in [5, 5.41) is 0. The zero-order valence-electron chi connectivity index (χ0n) is 7.89. The molecule has 1 aromatic carbocycles. The molecule has 0 bridgehead atoms. The van der Waals surface area contributed by atoms with Crippen molar-refractivity contribution in [2.75, 3.05) is 0 Å².